The van der Waals surface area contributed by atoms with Gasteiger partial charge in [-0.2, -0.15) is 0 Å². The summed E-state index contributed by atoms with van der Waals surface area (Å²) >= 11 is 3.51. The van der Waals surface area contributed by atoms with Crippen LogP contribution in [0.3, 0.4) is 0 Å². The summed E-state index contributed by atoms with van der Waals surface area (Å²) in [4.78, 5) is 11.5. The molecule has 0 aliphatic carbocycles. The number of hydrogen-bond donors (Lipinski definition) is 1. The van der Waals surface area contributed by atoms with Crippen LogP contribution in [0.15, 0.2) is 39.2 Å². The molecule has 0 radical (unpaired) electrons. The molecule has 0 bridgehead atoms. The van der Waals surface area contributed by atoms with Crippen LogP contribution in [0.2, 0.25) is 0 Å². The number of carbonyl (C=O) groups excluding carboxylic acids is 1. The van der Waals surface area contributed by atoms with E-state index in [0.29, 0.717) is 5.76 Å². The van der Waals surface area contributed by atoms with Gasteiger partial charge in [0.15, 0.2) is 0 Å². The average Bonchev–Trinajstić information content (AvgIpc) is 2.92. The van der Waals surface area contributed by atoms with Gasteiger partial charge >= 0.3 is 5.97 Å². The van der Waals surface area contributed by atoms with Gasteiger partial charge in [0, 0.05) is 4.47 Å². The molecule has 0 spiro atoms. The molecule has 112 valence electrons. The van der Waals surface area contributed by atoms with E-state index in [1.807, 2.05) is 19.9 Å². The van der Waals surface area contributed by atoms with Crippen molar-refractivity contribution in [3.63, 3.8) is 0 Å². The van der Waals surface area contributed by atoms with Crippen molar-refractivity contribution in [1.29, 1.82) is 0 Å². The first kappa shape index (κ1) is 15.8. The Morgan fingerprint density at radius 3 is 2.76 bits per heavy atom. The lowest BCUT2D eigenvalue weighted by molar-refractivity contribution is 0.0562. The first-order valence-corrected chi connectivity index (χ1v) is 7.53. The summed E-state index contributed by atoms with van der Waals surface area (Å²) in [5.41, 5.74) is 2.23. The Kier molecular flexibility index (Phi) is 5.20. The average molecular weight is 352 g/mol. The minimum Gasteiger partial charge on any atom is -0.463 e. The van der Waals surface area contributed by atoms with Crippen LogP contribution in [0.1, 0.15) is 40.4 Å². The van der Waals surface area contributed by atoms with Crippen LogP contribution in [-0.2, 0) is 4.74 Å². The van der Waals surface area contributed by atoms with Crippen molar-refractivity contribution in [2.75, 3.05) is 13.7 Å². The number of furan rings is 1. The fourth-order valence-electron chi connectivity index (χ4n) is 2.24. The summed E-state index contributed by atoms with van der Waals surface area (Å²) in [6.07, 6.45) is 0. The molecule has 0 aliphatic heterocycles. The van der Waals surface area contributed by atoms with Crippen LogP contribution in [0.25, 0.3) is 0 Å². The summed E-state index contributed by atoms with van der Waals surface area (Å²) in [7, 11) is 1.34. The minimum absolute atomic E-state index is 0.107. The molecule has 21 heavy (non-hydrogen) atoms. The fourth-order valence-corrected chi connectivity index (χ4v) is 2.86. The Labute approximate surface area is 132 Å². The molecule has 1 unspecified atom stereocenters. The molecule has 0 saturated heterocycles. The van der Waals surface area contributed by atoms with E-state index in [0.717, 1.165) is 22.1 Å². The molecule has 1 aromatic carbocycles. The highest BCUT2D eigenvalue weighted by atomic mass is 79.9. The smallest absolute Gasteiger partial charge is 0.373 e. The summed E-state index contributed by atoms with van der Waals surface area (Å²) in [5.74, 6) is 0.429. The SMILES string of the molecule is CCNC(c1cc(C)cc(Br)c1)c1ccc(C(=O)OC)o1. The Bertz CT molecular complexity index is 616. The molecule has 0 fully saturated rings. The molecule has 4 nitrogen and oxygen atoms in total. The third-order valence-corrected chi connectivity index (χ3v) is 3.56. The summed E-state index contributed by atoms with van der Waals surface area (Å²) in [6, 6.07) is 9.52. The molecule has 1 aromatic heterocycles. The van der Waals surface area contributed by atoms with Crippen LogP contribution in [0.4, 0.5) is 0 Å². The highest BCUT2D eigenvalue weighted by Gasteiger charge is 2.20. The van der Waals surface area contributed by atoms with Crippen molar-refractivity contribution < 1.29 is 13.9 Å². The minimum atomic E-state index is -0.470. The van der Waals surface area contributed by atoms with Crippen molar-refractivity contribution in [3.8, 4) is 0 Å². The maximum absolute atomic E-state index is 11.5. The lowest BCUT2D eigenvalue weighted by Gasteiger charge is -2.17. The van der Waals surface area contributed by atoms with Gasteiger partial charge in [-0.3, -0.25) is 0 Å². The fraction of sp³-hybridized carbons (Fsp3) is 0.312. The largest absolute Gasteiger partial charge is 0.463 e. The number of methoxy groups -OCH3 is 1. The van der Waals surface area contributed by atoms with Gasteiger partial charge in [-0.15, -0.1) is 0 Å². The van der Waals surface area contributed by atoms with Crippen molar-refractivity contribution in [2.24, 2.45) is 0 Å². The van der Waals surface area contributed by atoms with Crippen LogP contribution in [0, 0.1) is 6.92 Å². The van der Waals surface area contributed by atoms with Gasteiger partial charge in [0.25, 0.3) is 0 Å². The molecule has 1 N–H and O–H groups in total. The Morgan fingerprint density at radius 1 is 1.38 bits per heavy atom. The van der Waals surface area contributed by atoms with Crippen molar-refractivity contribution >= 4 is 21.9 Å². The zero-order chi connectivity index (χ0) is 15.4. The first-order valence-electron chi connectivity index (χ1n) is 6.73. The second-order valence-electron chi connectivity index (χ2n) is 4.75. The number of carbonyl (C=O) groups is 1. The number of aryl methyl sites for hydroxylation is 1. The van der Waals surface area contributed by atoms with Crippen LogP contribution in [0.5, 0.6) is 0 Å². The number of rotatable bonds is 5. The molecule has 1 heterocycles. The van der Waals surface area contributed by atoms with E-state index in [-0.39, 0.29) is 11.8 Å². The zero-order valence-electron chi connectivity index (χ0n) is 12.3. The Morgan fingerprint density at radius 2 is 2.14 bits per heavy atom. The van der Waals surface area contributed by atoms with E-state index in [4.69, 9.17) is 4.42 Å². The molecule has 0 saturated carbocycles. The van der Waals surface area contributed by atoms with Crippen molar-refractivity contribution in [3.05, 3.63) is 57.5 Å². The molecule has 5 heteroatoms. The second kappa shape index (κ2) is 6.91. The zero-order valence-corrected chi connectivity index (χ0v) is 13.9. The second-order valence-corrected chi connectivity index (χ2v) is 5.66. The lowest BCUT2D eigenvalue weighted by Crippen LogP contribution is -2.21. The normalized spacial score (nSPS) is 12.2. The van der Waals surface area contributed by atoms with Gasteiger partial charge < -0.3 is 14.5 Å². The van der Waals surface area contributed by atoms with Gasteiger partial charge in [0.05, 0.1) is 13.2 Å². The van der Waals surface area contributed by atoms with E-state index >= 15 is 0 Å². The quantitative estimate of drug-likeness (QED) is 0.831. The number of ether oxygens (including phenoxy) is 1. The molecular weight excluding hydrogens is 334 g/mol. The maximum Gasteiger partial charge on any atom is 0.373 e. The molecule has 2 aromatic rings. The van der Waals surface area contributed by atoms with Gasteiger partial charge in [-0.25, -0.2) is 4.79 Å². The van der Waals surface area contributed by atoms with E-state index in [2.05, 4.69) is 38.1 Å². The van der Waals surface area contributed by atoms with E-state index in [1.165, 1.54) is 7.11 Å². The number of nitrogens with one attached hydrogen (secondary N) is 1. The first-order chi connectivity index (χ1) is 10.0. The maximum atomic E-state index is 11.5. The molecule has 0 amide bonds. The summed E-state index contributed by atoms with van der Waals surface area (Å²) in [6.45, 7) is 4.85. The monoisotopic (exact) mass is 351 g/mol. The Hall–Kier alpha value is -1.59. The predicted octanol–water partition coefficient (Wildman–Crippen LogP) is 3.84. The van der Waals surface area contributed by atoms with Gasteiger partial charge in [-0.05, 0) is 48.9 Å². The van der Waals surface area contributed by atoms with Crippen molar-refractivity contribution in [2.45, 2.75) is 19.9 Å². The third kappa shape index (κ3) is 3.74. The van der Waals surface area contributed by atoms with Crippen LogP contribution >= 0.6 is 15.9 Å². The number of halogens is 1. The highest BCUT2D eigenvalue weighted by Crippen LogP contribution is 2.27. The molecule has 0 aliphatic rings. The molecular formula is C16H18BrNO3. The number of hydrogen-bond acceptors (Lipinski definition) is 4. The van der Waals surface area contributed by atoms with Crippen molar-refractivity contribution in [1.82, 2.24) is 5.32 Å². The standard InChI is InChI=1S/C16H18BrNO3/c1-4-18-15(11-7-10(2)8-12(17)9-11)13-5-6-14(21-13)16(19)20-3/h5-9,15,18H,4H2,1-3H3. The number of esters is 1. The molecule has 2 rings (SSSR count). The van der Waals surface area contributed by atoms with Gasteiger partial charge in [-0.1, -0.05) is 28.9 Å². The van der Waals surface area contributed by atoms with E-state index in [1.54, 1.807) is 12.1 Å². The highest BCUT2D eigenvalue weighted by molar-refractivity contribution is 9.10. The molecule has 1 atom stereocenters. The summed E-state index contributed by atoms with van der Waals surface area (Å²) in [5, 5.41) is 3.37. The van der Waals surface area contributed by atoms with Gasteiger partial charge in [0.2, 0.25) is 5.76 Å². The predicted molar refractivity (Wildman–Crippen MR) is 84.4 cm³/mol. The van der Waals surface area contributed by atoms with E-state index in [9.17, 15) is 4.79 Å². The van der Waals surface area contributed by atoms with Crippen LogP contribution in [-0.4, -0.2) is 19.6 Å². The lowest BCUT2D eigenvalue weighted by atomic mass is 10.0. The number of benzene rings is 1. The topological polar surface area (TPSA) is 51.5 Å². The van der Waals surface area contributed by atoms with Gasteiger partial charge in [0.1, 0.15) is 5.76 Å². The summed E-state index contributed by atoms with van der Waals surface area (Å²) < 4.78 is 11.3. The Balaban J connectivity index is 2.38. The van der Waals surface area contributed by atoms with Crippen LogP contribution < -0.4 is 5.32 Å². The third-order valence-electron chi connectivity index (χ3n) is 3.10. The van der Waals surface area contributed by atoms with E-state index < -0.39 is 5.97 Å².